The van der Waals surface area contributed by atoms with E-state index in [2.05, 4.69) is 0 Å². The van der Waals surface area contributed by atoms with Gasteiger partial charge in [-0.2, -0.15) is 8.78 Å². The lowest BCUT2D eigenvalue weighted by Gasteiger charge is -2.24. The van der Waals surface area contributed by atoms with Crippen LogP contribution in [0.4, 0.5) is 17.6 Å². The Morgan fingerprint density at radius 2 is 1.68 bits per heavy atom. The molecule has 0 rings (SSSR count). The van der Waals surface area contributed by atoms with Gasteiger partial charge in [0.1, 0.15) is 0 Å². The summed E-state index contributed by atoms with van der Waals surface area (Å²) in [4.78, 5) is 21.8. The highest BCUT2D eigenvalue weighted by Crippen LogP contribution is 2.25. The van der Waals surface area contributed by atoms with Crippen LogP contribution in [0.15, 0.2) is 0 Å². The molecule has 4 nitrogen and oxygen atoms in total. The van der Waals surface area contributed by atoms with Crippen LogP contribution in [0, 0.1) is 11.3 Å². The lowest BCUT2D eigenvalue weighted by atomic mass is 9.84. The Balaban J connectivity index is 4.58. The second-order valence-corrected chi connectivity index (χ2v) is 5.43. The van der Waals surface area contributed by atoms with Gasteiger partial charge in [0.2, 0.25) is 0 Å². The van der Waals surface area contributed by atoms with Gasteiger partial charge in [0, 0.05) is 6.54 Å². The molecule has 2 N–H and O–H groups in total. The van der Waals surface area contributed by atoms with Crippen LogP contribution in [0.3, 0.4) is 0 Å². The minimum Gasteiger partial charge on any atom is -0.481 e. The topological polar surface area (TPSA) is 66.4 Å². The number of carbonyl (C=O) groups is 2. The van der Waals surface area contributed by atoms with Crippen molar-refractivity contribution in [3.05, 3.63) is 0 Å². The largest absolute Gasteiger partial charge is 0.481 e. The molecule has 0 spiro atoms. The molecule has 1 atom stereocenters. The van der Waals surface area contributed by atoms with Gasteiger partial charge in [-0.1, -0.05) is 20.8 Å². The van der Waals surface area contributed by atoms with Crippen LogP contribution < -0.4 is 5.32 Å². The Morgan fingerprint density at radius 3 is 2.00 bits per heavy atom. The van der Waals surface area contributed by atoms with E-state index in [-0.39, 0.29) is 6.42 Å². The van der Waals surface area contributed by atoms with Gasteiger partial charge in [0.25, 0.3) is 5.91 Å². The monoisotopic (exact) mass is 287 g/mol. The van der Waals surface area contributed by atoms with Crippen LogP contribution in [-0.4, -0.2) is 35.9 Å². The molecule has 0 saturated carbocycles. The number of rotatable bonds is 6. The van der Waals surface area contributed by atoms with Crippen LogP contribution in [0.25, 0.3) is 0 Å². The zero-order valence-corrected chi connectivity index (χ0v) is 10.8. The fourth-order valence-electron chi connectivity index (χ4n) is 1.42. The first-order valence-corrected chi connectivity index (χ1v) is 5.55. The van der Waals surface area contributed by atoms with Crippen LogP contribution in [0.2, 0.25) is 0 Å². The number of alkyl halides is 4. The molecule has 0 aliphatic rings. The molecule has 19 heavy (non-hydrogen) atoms. The van der Waals surface area contributed by atoms with Gasteiger partial charge in [-0.15, -0.1) is 0 Å². The summed E-state index contributed by atoms with van der Waals surface area (Å²) in [7, 11) is 0. The molecule has 0 fully saturated rings. The average Bonchev–Trinajstić information content (AvgIpc) is 2.21. The van der Waals surface area contributed by atoms with Crippen molar-refractivity contribution in [1.29, 1.82) is 0 Å². The molecule has 0 radical (unpaired) electrons. The van der Waals surface area contributed by atoms with Crippen molar-refractivity contribution < 1.29 is 32.3 Å². The van der Waals surface area contributed by atoms with E-state index >= 15 is 0 Å². The first-order chi connectivity index (χ1) is 8.38. The summed E-state index contributed by atoms with van der Waals surface area (Å²) >= 11 is 0. The van der Waals surface area contributed by atoms with E-state index in [1.807, 2.05) is 0 Å². The first kappa shape index (κ1) is 17.7. The second-order valence-electron chi connectivity index (χ2n) is 5.43. The van der Waals surface area contributed by atoms with Crippen molar-refractivity contribution in [3.8, 4) is 0 Å². The Morgan fingerprint density at radius 1 is 1.21 bits per heavy atom. The number of aliphatic carboxylic acids is 1. The maximum atomic E-state index is 12.6. The van der Waals surface area contributed by atoms with Crippen molar-refractivity contribution in [1.82, 2.24) is 5.32 Å². The van der Waals surface area contributed by atoms with Crippen LogP contribution >= 0.6 is 0 Å². The minimum atomic E-state index is -4.81. The third-order valence-electron chi connectivity index (χ3n) is 2.29. The summed E-state index contributed by atoms with van der Waals surface area (Å²) in [6.45, 7) is 4.59. The highest BCUT2D eigenvalue weighted by Gasteiger charge is 2.49. The Bertz CT molecular complexity index is 339. The summed E-state index contributed by atoms with van der Waals surface area (Å²) in [6.07, 6.45) is -4.01. The quantitative estimate of drug-likeness (QED) is 0.735. The zero-order valence-electron chi connectivity index (χ0n) is 10.8. The predicted octanol–water partition coefficient (Wildman–Crippen LogP) is 2.14. The molecular formula is C11H17F4NO3. The smallest absolute Gasteiger partial charge is 0.383 e. The fourth-order valence-corrected chi connectivity index (χ4v) is 1.42. The number of carbonyl (C=O) groups excluding carboxylic acids is 1. The van der Waals surface area contributed by atoms with Gasteiger partial charge in [0.05, 0.1) is 5.92 Å². The lowest BCUT2D eigenvalue weighted by Crippen LogP contribution is -2.47. The van der Waals surface area contributed by atoms with Gasteiger partial charge >= 0.3 is 18.3 Å². The normalized spacial score (nSPS) is 14.3. The highest BCUT2D eigenvalue weighted by atomic mass is 19.3. The number of halogens is 4. The molecule has 0 heterocycles. The Labute approximate surface area is 108 Å². The van der Waals surface area contributed by atoms with Crippen molar-refractivity contribution >= 4 is 11.9 Å². The molecule has 0 aromatic carbocycles. The molecule has 0 saturated heterocycles. The molecule has 0 aromatic rings. The van der Waals surface area contributed by atoms with E-state index < -0.39 is 42.1 Å². The predicted molar refractivity (Wildman–Crippen MR) is 59.2 cm³/mol. The van der Waals surface area contributed by atoms with Crippen molar-refractivity contribution in [2.24, 2.45) is 11.3 Å². The Hall–Kier alpha value is -1.34. The second kappa shape index (κ2) is 6.21. The van der Waals surface area contributed by atoms with Gasteiger partial charge in [-0.05, 0) is 11.8 Å². The van der Waals surface area contributed by atoms with E-state index in [4.69, 9.17) is 5.11 Å². The third-order valence-corrected chi connectivity index (χ3v) is 2.29. The number of nitrogens with one attached hydrogen (secondary N) is 1. The SMILES string of the molecule is CC(C)(C)CC(CNC(=O)C(F)(F)C(F)F)C(=O)O. The van der Waals surface area contributed by atoms with Crippen molar-refractivity contribution in [2.45, 2.75) is 39.5 Å². The van der Waals surface area contributed by atoms with E-state index in [0.29, 0.717) is 0 Å². The number of carboxylic acid groups (broad SMARTS) is 1. The molecule has 0 bridgehead atoms. The van der Waals surface area contributed by atoms with Gasteiger partial charge in [0.15, 0.2) is 0 Å². The average molecular weight is 287 g/mol. The minimum absolute atomic E-state index is 0.114. The standard InChI is InChI=1S/C11H17F4NO3/c1-10(2,3)4-6(7(17)18)5-16-9(19)11(14,15)8(12)13/h6,8H,4-5H2,1-3H3,(H,16,19)(H,17,18). The third kappa shape index (κ3) is 5.89. The fraction of sp³-hybridized carbons (Fsp3) is 0.818. The number of hydrogen-bond acceptors (Lipinski definition) is 2. The molecule has 112 valence electrons. The summed E-state index contributed by atoms with van der Waals surface area (Å²) in [5.41, 5.74) is -0.404. The van der Waals surface area contributed by atoms with E-state index in [9.17, 15) is 27.2 Å². The maximum Gasteiger partial charge on any atom is 0.383 e. The van der Waals surface area contributed by atoms with E-state index in [1.54, 1.807) is 26.1 Å². The summed E-state index contributed by atoms with van der Waals surface area (Å²) in [6, 6.07) is 0. The molecular weight excluding hydrogens is 270 g/mol. The van der Waals surface area contributed by atoms with Gasteiger partial charge in [-0.25, -0.2) is 8.78 Å². The molecule has 0 aliphatic carbocycles. The van der Waals surface area contributed by atoms with Crippen molar-refractivity contribution in [2.75, 3.05) is 6.54 Å². The van der Waals surface area contributed by atoms with Gasteiger partial charge < -0.3 is 10.4 Å². The molecule has 0 aromatic heterocycles. The molecule has 1 unspecified atom stereocenters. The number of carboxylic acids is 1. The summed E-state index contributed by atoms with van der Waals surface area (Å²) in [5.74, 6) is -9.37. The van der Waals surface area contributed by atoms with E-state index in [1.165, 1.54) is 0 Å². The number of hydrogen-bond donors (Lipinski definition) is 2. The molecule has 8 heteroatoms. The maximum absolute atomic E-state index is 12.6. The van der Waals surface area contributed by atoms with Crippen LogP contribution in [0.5, 0.6) is 0 Å². The zero-order chi connectivity index (χ0) is 15.4. The molecule has 1 amide bonds. The summed E-state index contributed by atoms with van der Waals surface area (Å²) < 4.78 is 49.0. The lowest BCUT2D eigenvalue weighted by molar-refractivity contribution is -0.169. The number of amides is 1. The van der Waals surface area contributed by atoms with Crippen molar-refractivity contribution in [3.63, 3.8) is 0 Å². The first-order valence-electron chi connectivity index (χ1n) is 5.55. The summed E-state index contributed by atoms with van der Waals surface area (Å²) in [5, 5.41) is 10.4. The Kier molecular flexibility index (Phi) is 5.77. The van der Waals surface area contributed by atoms with Crippen LogP contribution in [-0.2, 0) is 9.59 Å². The highest BCUT2D eigenvalue weighted by molar-refractivity contribution is 5.84. The molecule has 0 aliphatic heterocycles. The van der Waals surface area contributed by atoms with Gasteiger partial charge in [-0.3, -0.25) is 9.59 Å². The van der Waals surface area contributed by atoms with Crippen LogP contribution in [0.1, 0.15) is 27.2 Å². The van der Waals surface area contributed by atoms with E-state index in [0.717, 1.165) is 0 Å².